The zero-order valence-electron chi connectivity index (χ0n) is 23.4. The van der Waals surface area contributed by atoms with Crippen molar-refractivity contribution in [1.29, 1.82) is 0 Å². The van der Waals surface area contributed by atoms with Crippen LogP contribution in [0.2, 0.25) is 0 Å². The molecule has 200 valence electrons. The van der Waals surface area contributed by atoms with Crippen LogP contribution in [0.5, 0.6) is 0 Å². The highest BCUT2D eigenvalue weighted by atomic mass is 16.5. The van der Waals surface area contributed by atoms with E-state index in [9.17, 15) is 14.7 Å². The Bertz CT molecular complexity index is 585. The Morgan fingerprint density at radius 2 is 1.56 bits per heavy atom. The Labute approximate surface area is 209 Å². The van der Waals surface area contributed by atoms with E-state index in [0.717, 1.165) is 18.0 Å². The van der Waals surface area contributed by atoms with Crippen molar-refractivity contribution >= 4 is 12.4 Å². The number of benzene rings is 1. The quantitative estimate of drug-likeness (QED) is 0.375. The summed E-state index contributed by atoms with van der Waals surface area (Å²) in [5.74, 6) is 1.10. The number of hydrogen-bond acceptors (Lipinski definition) is 6. The fraction of sp³-hybridized carbons (Fsp3) is 0.704. The third-order valence-corrected chi connectivity index (χ3v) is 3.60. The Morgan fingerprint density at radius 3 is 1.91 bits per heavy atom. The molecule has 1 aromatic rings. The molecule has 7 nitrogen and oxygen atoms in total. The fourth-order valence-electron chi connectivity index (χ4n) is 2.22. The first kappa shape index (κ1) is 36.6. The molecule has 0 bridgehead atoms. The number of nitrogens with one attached hydrogen (secondary N) is 2. The van der Waals surface area contributed by atoms with E-state index in [1.54, 1.807) is 0 Å². The maximum atomic E-state index is 11.5. The Kier molecular flexibility index (Phi) is 24.6. The zero-order chi connectivity index (χ0) is 27.2. The number of amides is 1. The molecule has 0 aromatic heterocycles. The van der Waals surface area contributed by atoms with Crippen molar-refractivity contribution < 1.29 is 19.4 Å². The van der Waals surface area contributed by atoms with Crippen molar-refractivity contribution in [2.24, 2.45) is 17.6 Å². The molecule has 0 saturated heterocycles. The van der Waals surface area contributed by atoms with E-state index in [4.69, 9.17) is 5.73 Å². The monoisotopic (exact) mass is 483 g/mol. The van der Waals surface area contributed by atoms with Crippen molar-refractivity contribution in [1.82, 2.24) is 10.6 Å². The predicted octanol–water partition coefficient (Wildman–Crippen LogP) is 3.93. The second-order valence-corrected chi connectivity index (χ2v) is 9.75. The first-order chi connectivity index (χ1) is 15.8. The van der Waals surface area contributed by atoms with Gasteiger partial charge in [0.25, 0.3) is 6.47 Å². The minimum atomic E-state index is -0.653. The minimum Gasteiger partial charge on any atom is -0.462 e. The molecular weight excluding hydrogens is 430 g/mol. The van der Waals surface area contributed by atoms with Crippen molar-refractivity contribution in [3.63, 3.8) is 0 Å². The number of ether oxygens (including phenoxy) is 1. The van der Waals surface area contributed by atoms with Gasteiger partial charge in [-0.2, -0.15) is 0 Å². The standard InChI is InChI=1S/C16H27N3O2.C5H10O2.C4H10.C2H6/c1-12(2)10-18-11-15(20)14(19-16(21)9-17)8-13-6-4-3-5-7-13;1-5(2,3)7-4-6;1-4(2)3;1-2/h3-7,12,14-15,18,20H,8-11,17H2,1-2H3,(H,19,21);4H,1-3H3;4H,1-3H3;1-2H3. The molecule has 1 aromatic carbocycles. The smallest absolute Gasteiger partial charge is 0.293 e. The van der Waals surface area contributed by atoms with Crippen LogP contribution >= 0.6 is 0 Å². The second kappa shape index (κ2) is 22.8. The van der Waals surface area contributed by atoms with E-state index >= 15 is 0 Å². The van der Waals surface area contributed by atoms with Crippen LogP contribution in [-0.2, 0) is 20.7 Å². The molecule has 0 saturated carbocycles. The SMILES string of the molecule is CC.CC(C)(C)OC=O.CC(C)C.CC(C)CNCC(O)C(Cc1ccccc1)NC(=O)CN. The molecule has 0 aliphatic heterocycles. The lowest BCUT2D eigenvalue weighted by Crippen LogP contribution is -2.50. The van der Waals surface area contributed by atoms with Gasteiger partial charge in [-0.3, -0.25) is 9.59 Å². The lowest BCUT2D eigenvalue weighted by atomic mass is 10.0. The minimum absolute atomic E-state index is 0.0720. The van der Waals surface area contributed by atoms with Crippen molar-refractivity contribution in [2.75, 3.05) is 19.6 Å². The summed E-state index contributed by atoms with van der Waals surface area (Å²) < 4.78 is 4.55. The lowest BCUT2D eigenvalue weighted by molar-refractivity contribution is -0.138. The largest absolute Gasteiger partial charge is 0.462 e. The number of aliphatic hydroxyl groups is 1. The summed E-state index contributed by atoms with van der Waals surface area (Å²) >= 11 is 0. The summed E-state index contributed by atoms with van der Waals surface area (Å²) in [7, 11) is 0. The summed E-state index contributed by atoms with van der Waals surface area (Å²) in [6, 6.07) is 9.45. The number of rotatable bonds is 10. The topological polar surface area (TPSA) is 114 Å². The summed E-state index contributed by atoms with van der Waals surface area (Å²) in [5, 5.41) is 16.3. The van der Waals surface area contributed by atoms with Crippen LogP contribution in [0.3, 0.4) is 0 Å². The van der Waals surface area contributed by atoms with Crippen LogP contribution in [0.4, 0.5) is 0 Å². The number of nitrogens with two attached hydrogens (primary N) is 1. The number of hydrogen-bond donors (Lipinski definition) is 4. The van der Waals surface area contributed by atoms with Gasteiger partial charge in [-0.1, -0.05) is 78.8 Å². The second-order valence-electron chi connectivity index (χ2n) is 9.75. The van der Waals surface area contributed by atoms with Crippen LogP contribution in [0.1, 0.15) is 74.8 Å². The molecular formula is C27H53N3O4. The fourth-order valence-corrected chi connectivity index (χ4v) is 2.22. The average Bonchev–Trinajstić information content (AvgIpc) is 2.74. The van der Waals surface area contributed by atoms with Crippen LogP contribution < -0.4 is 16.4 Å². The average molecular weight is 484 g/mol. The Hall–Kier alpha value is -1.96. The number of carbonyl (C=O) groups is 2. The predicted molar refractivity (Wildman–Crippen MR) is 144 cm³/mol. The maximum absolute atomic E-state index is 11.5. The van der Waals surface area contributed by atoms with Gasteiger partial charge < -0.3 is 26.2 Å². The van der Waals surface area contributed by atoms with Crippen molar-refractivity contribution in [2.45, 2.75) is 93.4 Å². The first-order valence-corrected chi connectivity index (χ1v) is 12.4. The van der Waals surface area contributed by atoms with Crippen molar-refractivity contribution in [3.8, 4) is 0 Å². The molecule has 34 heavy (non-hydrogen) atoms. The third-order valence-electron chi connectivity index (χ3n) is 3.60. The van der Waals surface area contributed by atoms with Crippen LogP contribution in [0, 0.1) is 11.8 Å². The number of aliphatic hydroxyl groups excluding tert-OH is 1. The van der Waals surface area contributed by atoms with E-state index in [0.29, 0.717) is 25.4 Å². The van der Waals surface area contributed by atoms with Crippen LogP contribution in [0.15, 0.2) is 30.3 Å². The molecule has 0 radical (unpaired) electrons. The summed E-state index contributed by atoms with van der Waals surface area (Å²) in [6.45, 7) is 21.8. The van der Waals surface area contributed by atoms with Gasteiger partial charge in [-0.25, -0.2) is 0 Å². The third kappa shape index (κ3) is 28.1. The molecule has 0 aliphatic carbocycles. The molecule has 0 heterocycles. The van der Waals surface area contributed by atoms with Gasteiger partial charge in [0.15, 0.2) is 0 Å². The van der Waals surface area contributed by atoms with E-state index in [1.165, 1.54) is 0 Å². The Balaban J connectivity index is -0.000000610. The van der Waals surface area contributed by atoms with E-state index in [1.807, 2.05) is 65.0 Å². The lowest BCUT2D eigenvalue weighted by Gasteiger charge is -2.25. The van der Waals surface area contributed by atoms with E-state index < -0.39 is 6.10 Å². The molecule has 1 amide bonds. The van der Waals surface area contributed by atoms with Gasteiger partial charge in [0.2, 0.25) is 5.91 Å². The molecule has 0 fully saturated rings. The first-order valence-electron chi connectivity index (χ1n) is 12.4. The Morgan fingerprint density at radius 1 is 1.06 bits per heavy atom. The number of carbonyl (C=O) groups excluding carboxylic acids is 2. The van der Waals surface area contributed by atoms with Gasteiger partial charge in [-0.05, 0) is 51.1 Å². The molecule has 7 heteroatoms. The molecule has 2 unspecified atom stereocenters. The van der Waals surface area contributed by atoms with Crippen LogP contribution in [0.25, 0.3) is 0 Å². The summed E-state index contributed by atoms with van der Waals surface area (Å²) in [6.07, 6.45) is -0.0728. The zero-order valence-corrected chi connectivity index (χ0v) is 23.4. The van der Waals surface area contributed by atoms with Gasteiger partial charge in [0.1, 0.15) is 5.60 Å². The summed E-state index contributed by atoms with van der Waals surface area (Å²) in [5.41, 5.74) is 6.10. The highest BCUT2D eigenvalue weighted by Gasteiger charge is 2.21. The maximum Gasteiger partial charge on any atom is 0.293 e. The molecule has 2 atom stereocenters. The highest BCUT2D eigenvalue weighted by Crippen LogP contribution is 2.06. The summed E-state index contributed by atoms with van der Waals surface area (Å²) in [4.78, 5) is 21.1. The van der Waals surface area contributed by atoms with Gasteiger partial charge >= 0.3 is 0 Å². The highest BCUT2D eigenvalue weighted by molar-refractivity contribution is 5.78. The van der Waals surface area contributed by atoms with Crippen molar-refractivity contribution in [3.05, 3.63) is 35.9 Å². The van der Waals surface area contributed by atoms with Gasteiger partial charge in [0, 0.05) is 6.54 Å². The van der Waals surface area contributed by atoms with E-state index in [-0.39, 0.29) is 24.1 Å². The van der Waals surface area contributed by atoms with Crippen LogP contribution in [-0.4, -0.2) is 54.9 Å². The molecule has 5 N–H and O–H groups in total. The van der Waals surface area contributed by atoms with E-state index in [2.05, 4.69) is 50.0 Å². The van der Waals surface area contributed by atoms with Gasteiger partial charge in [0.05, 0.1) is 18.7 Å². The molecule has 0 spiro atoms. The molecule has 1 rings (SSSR count). The van der Waals surface area contributed by atoms with Gasteiger partial charge in [-0.15, -0.1) is 0 Å². The molecule has 0 aliphatic rings. The normalized spacial score (nSPS) is 12.1.